The summed E-state index contributed by atoms with van der Waals surface area (Å²) in [6.45, 7) is 2.93. The summed E-state index contributed by atoms with van der Waals surface area (Å²) in [5.41, 5.74) is 2.43. The van der Waals surface area contributed by atoms with Crippen LogP contribution in [0.25, 0.3) is 0 Å². The molecule has 0 saturated heterocycles. The highest BCUT2D eigenvalue weighted by Crippen LogP contribution is 2.19. The number of ether oxygens (including phenoxy) is 1. The van der Waals surface area contributed by atoms with Crippen molar-refractivity contribution in [3.63, 3.8) is 0 Å². The molecule has 0 fully saturated rings. The maximum atomic E-state index is 13.8. The van der Waals surface area contributed by atoms with Crippen molar-refractivity contribution >= 4 is 12.0 Å². The highest BCUT2D eigenvalue weighted by atomic mass is 19.1. The minimum Gasteiger partial charge on any atom is -0.494 e. The quantitative estimate of drug-likeness (QED) is 0.695. The average Bonchev–Trinajstić information content (AvgIpc) is 2.71. The Bertz CT molecular complexity index is 848. The third-order valence-electron chi connectivity index (χ3n) is 4.54. The Balaban J connectivity index is 1.60. The molecule has 0 radical (unpaired) electrons. The van der Waals surface area contributed by atoms with Crippen molar-refractivity contribution in [1.82, 2.24) is 20.2 Å². The second-order valence-corrected chi connectivity index (χ2v) is 6.69. The van der Waals surface area contributed by atoms with Gasteiger partial charge in [-0.25, -0.2) is 19.2 Å². The molecule has 9 heteroatoms. The summed E-state index contributed by atoms with van der Waals surface area (Å²) in [6.07, 6.45) is 2.42. The molecule has 2 aromatic rings. The van der Waals surface area contributed by atoms with Crippen LogP contribution in [0.15, 0.2) is 24.4 Å². The van der Waals surface area contributed by atoms with Gasteiger partial charge in [0.1, 0.15) is 0 Å². The number of hydrogen-bond donors (Lipinski definition) is 3. The number of fused-ring (bicyclic) bond motifs is 1. The van der Waals surface area contributed by atoms with E-state index in [2.05, 4.69) is 20.6 Å². The number of hydrogen-bond acceptors (Lipinski definition) is 6. The van der Waals surface area contributed by atoms with Crippen LogP contribution >= 0.6 is 0 Å². The predicted octanol–water partition coefficient (Wildman–Crippen LogP) is 1.68. The summed E-state index contributed by atoms with van der Waals surface area (Å²) in [7, 11) is 1.41. The number of urea groups is 1. The van der Waals surface area contributed by atoms with Crippen LogP contribution in [-0.4, -0.2) is 52.3 Å². The van der Waals surface area contributed by atoms with E-state index in [4.69, 9.17) is 9.84 Å². The summed E-state index contributed by atoms with van der Waals surface area (Å²) < 4.78 is 18.7. The molecule has 0 unspecified atom stereocenters. The highest BCUT2D eigenvalue weighted by molar-refractivity contribution is 5.74. The molecule has 0 spiro atoms. The molecule has 2 heterocycles. The van der Waals surface area contributed by atoms with E-state index in [1.165, 1.54) is 19.2 Å². The predicted molar refractivity (Wildman–Crippen MR) is 102 cm³/mol. The fourth-order valence-electron chi connectivity index (χ4n) is 2.92. The van der Waals surface area contributed by atoms with Gasteiger partial charge in [0.25, 0.3) is 0 Å². The Morgan fingerprint density at radius 2 is 2.29 bits per heavy atom. The van der Waals surface area contributed by atoms with Crippen LogP contribution in [0, 0.1) is 5.82 Å². The van der Waals surface area contributed by atoms with Crippen molar-refractivity contribution in [3.05, 3.63) is 47.0 Å². The normalized spacial score (nSPS) is 14.2. The van der Waals surface area contributed by atoms with E-state index in [-0.39, 0.29) is 31.0 Å². The lowest BCUT2D eigenvalue weighted by Crippen LogP contribution is -2.42. The van der Waals surface area contributed by atoms with Crippen LogP contribution in [0.2, 0.25) is 0 Å². The van der Waals surface area contributed by atoms with Gasteiger partial charge in [-0.05, 0) is 36.6 Å². The number of aliphatic hydroxyl groups excluding tert-OH is 1. The SMILES string of the molecule is COc1ccc(CNC(=O)N2CCc3cnc(N[C@@H](C)CO)nc3C2)cc1F. The molecule has 3 N–H and O–H groups in total. The second kappa shape index (κ2) is 8.83. The number of nitrogens with zero attached hydrogens (tertiary/aromatic N) is 3. The van der Waals surface area contributed by atoms with Crippen LogP contribution < -0.4 is 15.4 Å². The topological polar surface area (TPSA) is 99.6 Å². The summed E-state index contributed by atoms with van der Waals surface area (Å²) in [5.74, 6) is 0.133. The highest BCUT2D eigenvalue weighted by Gasteiger charge is 2.22. The fraction of sp³-hybridized carbons (Fsp3) is 0.421. The zero-order valence-corrected chi connectivity index (χ0v) is 15.9. The molecule has 0 saturated carbocycles. The number of rotatable bonds is 6. The lowest BCUT2D eigenvalue weighted by atomic mass is 10.1. The van der Waals surface area contributed by atoms with E-state index in [1.54, 1.807) is 17.2 Å². The lowest BCUT2D eigenvalue weighted by molar-refractivity contribution is 0.191. The molecule has 1 aromatic heterocycles. The fourth-order valence-corrected chi connectivity index (χ4v) is 2.92. The summed E-state index contributed by atoms with van der Waals surface area (Å²) in [6, 6.07) is 4.19. The Labute approximate surface area is 162 Å². The van der Waals surface area contributed by atoms with Crippen molar-refractivity contribution in [2.75, 3.05) is 25.6 Å². The first kappa shape index (κ1) is 19.8. The molecule has 1 aliphatic rings. The van der Waals surface area contributed by atoms with Crippen LogP contribution in [0.1, 0.15) is 23.7 Å². The Morgan fingerprint density at radius 3 is 3.00 bits per heavy atom. The van der Waals surface area contributed by atoms with Crippen molar-refractivity contribution in [1.29, 1.82) is 0 Å². The maximum absolute atomic E-state index is 13.8. The van der Waals surface area contributed by atoms with Gasteiger partial charge in [-0.1, -0.05) is 6.07 Å². The van der Waals surface area contributed by atoms with Gasteiger partial charge in [0, 0.05) is 25.3 Å². The standard InChI is InChI=1S/C19H24FN5O3/c1-12(11-26)23-18-21-9-14-5-6-25(10-16(14)24-18)19(27)22-8-13-3-4-17(28-2)15(20)7-13/h3-4,7,9,12,26H,5-6,8,10-11H2,1-2H3,(H,22,27)(H,21,23,24)/t12-/m0/s1. The third kappa shape index (κ3) is 4.66. The zero-order valence-electron chi connectivity index (χ0n) is 15.9. The summed E-state index contributed by atoms with van der Waals surface area (Å²) in [5, 5.41) is 15.0. The molecule has 28 heavy (non-hydrogen) atoms. The average molecular weight is 389 g/mol. The number of carbonyl (C=O) groups is 1. The first-order valence-electron chi connectivity index (χ1n) is 9.07. The van der Waals surface area contributed by atoms with Crippen LogP contribution in [0.5, 0.6) is 5.75 Å². The van der Waals surface area contributed by atoms with Crippen LogP contribution in [-0.2, 0) is 19.5 Å². The number of halogens is 1. The number of aliphatic hydroxyl groups is 1. The molecule has 150 valence electrons. The first-order valence-corrected chi connectivity index (χ1v) is 9.07. The third-order valence-corrected chi connectivity index (χ3v) is 4.54. The number of nitrogens with one attached hydrogen (secondary N) is 2. The number of benzene rings is 1. The van der Waals surface area contributed by atoms with E-state index in [0.29, 0.717) is 31.0 Å². The monoisotopic (exact) mass is 389 g/mol. The zero-order chi connectivity index (χ0) is 20.1. The van der Waals surface area contributed by atoms with Crippen molar-refractivity contribution in [2.45, 2.75) is 32.5 Å². The molecule has 1 aromatic carbocycles. The van der Waals surface area contributed by atoms with Gasteiger partial charge in [-0.3, -0.25) is 0 Å². The van der Waals surface area contributed by atoms with Gasteiger partial charge in [0.05, 0.1) is 26.0 Å². The van der Waals surface area contributed by atoms with Gasteiger partial charge in [0.15, 0.2) is 11.6 Å². The number of aromatic nitrogens is 2. The van der Waals surface area contributed by atoms with E-state index >= 15 is 0 Å². The van der Waals surface area contributed by atoms with Gasteiger partial charge in [-0.15, -0.1) is 0 Å². The number of methoxy groups -OCH3 is 1. The van der Waals surface area contributed by atoms with Gasteiger partial charge in [-0.2, -0.15) is 0 Å². The largest absolute Gasteiger partial charge is 0.494 e. The molecular weight excluding hydrogens is 365 g/mol. The Hall–Kier alpha value is -2.94. The van der Waals surface area contributed by atoms with Crippen molar-refractivity contribution in [3.8, 4) is 5.75 Å². The molecule has 8 nitrogen and oxygen atoms in total. The van der Waals surface area contributed by atoms with E-state index in [1.807, 2.05) is 6.92 Å². The van der Waals surface area contributed by atoms with Gasteiger partial charge in [0.2, 0.25) is 5.95 Å². The van der Waals surface area contributed by atoms with E-state index in [0.717, 1.165) is 11.3 Å². The van der Waals surface area contributed by atoms with Crippen LogP contribution in [0.4, 0.5) is 15.1 Å². The van der Waals surface area contributed by atoms with Gasteiger partial charge >= 0.3 is 6.03 Å². The van der Waals surface area contributed by atoms with Crippen LogP contribution in [0.3, 0.4) is 0 Å². The number of carbonyl (C=O) groups excluding carboxylic acids is 1. The smallest absolute Gasteiger partial charge is 0.318 e. The second-order valence-electron chi connectivity index (χ2n) is 6.69. The molecular formula is C19H24FN5O3. The molecule has 0 bridgehead atoms. The van der Waals surface area contributed by atoms with E-state index in [9.17, 15) is 9.18 Å². The minimum atomic E-state index is -0.463. The molecule has 3 rings (SSSR count). The summed E-state index contributed by atoms with van der Waals surface area (Å²) >= 11 is 0. The summed E-state index contributed by atoms with van der Waals surface area (Å²) in [4.78, 5) is 22.9. The Morgan fingerprint density at radius 1 is 1.46 bits per heavy atom. The minimum absolute atomic E-state index is 0.0269. The molecule has 2 amide bonds. The molecule has 1 aliphatic heterocycles. The molecule has 0 aliphatic carbocycles. The van der Waals surface area contributed by atoms with Crippen molar-refractivity contribution in [2.24, 2.45) is 0 Å². The maximum Gasteiger partial charge on any atom is 0.318 e. The first-order chi connectivity index (χ1) is 13.5. The lowest BCUT2D eigenvalue weighted by Gasteiger charge is -2.28. The Kier molecular flexibility index (Phi) is 6.25. The molecule has 1 atom stereocenters. The number of anilines is 1. The number of amides is 2. The van der Waals surface area contributed by atoms with Crippen molar-refractivity contribution < 1.29 is 19.0 Å². The van der Waals surface area contributed by atoms with Gasteiger partial charge < -0.3 is 25.4 Å². The van der Waals surface area contributed by atoms with E-state index < -0.39 is 5.82 Å².